The lowest BCUT2D eigenvalue weighted by Gasteiger charge is -2.30. The van der Waals surface area contributed by atoms with Crippen molar-refractivity contribution in [2.24, 2.45) is 11.5 Å². The van der Waals surface area contributed by atoms with E-state index in [9.17, 15) is 5.11 Å². The minimum Gasteiger partial charge on any atom is -0.513 e. The van der Waals surface area contributed by atoms with E-state index < -0.39 is 0 Å². The highest BCUT2D eigenvalue weighted by Crippen LogP contribution is 2.27. The van der Waals surface area contributed by atoms with Gasteiger partial charge in [-0.15, -0.1) is 0 Å². The molecule has 0 spiro atoms. The summed E-state index contributed by atoms with van der Waals surface area (Å²) in [5.41, 5.74) is 12.5. The standard InChI is InChI=1S/C14H26BN5O2/c1-9(21)7-10-4-5-13-15(22-10)8-12(20-13)11(16)3-2-6-19-14(17)18/h8,10-11,13,20-21H,1-7,16H2,(H4,17,18,19). The van der Waals surface area contributed by atoms with Crippen molar-refractivity contribution in [1.82, 2.24) is 10.6 Å². The average molecular weight is 307 g/mol. The summed E-state index contributed by atoms with van der Waals surface area (Å²) in [4.78, 5) is 0. The van der Waals surface area contributed by atoms with Gasteiger partial charge in [-0.25, -0.2) is 0 Å². The number of fused-ring (bicyclic) bond motifs is 1. The molecular formula is C14H26BN5O2. The van der Waals surface area contributed by atoms with Crippen LogP contribution in [0.3, 0.4) is 0 Å². The van der Waals surface area contributed by atoms with Crippen molar-refractivity contribution in [3.05, 3.63) is 24.0 Å². The van der Waals surface area contributed by atoms with E-state index >= 15 is 0 Å². The third-order valence-corrected chi connectivity index (χ3v) is 4.11. The SMILES string of the molecule is C=C(O)CC1CCC2NC(C(N)CCCNC(=N)N)=CB2O1. The predicted molar refractivity (Wildman–Crippen MR) is 88.4 cm³/mol. The normalized spacial score (nSPS) is 25.0. The maximum Gasteiger partial charge on any atom is 0.344 e. The molecule has 8 N–H and O–H groups in total. The molecule has 0 bridgehead atoms. The van der Waals surface area contributed by atoms with Gasteiger partial charge in [-0.2, -0.15) is 0 Å². The maximum atomic E-state index is 9.29. The van der Waals surface area contributed by atoms with Gasteiger partial charge in [0.25, 0.3) is 0 Å². The lowest BCUT2D eigenvalue weighted by Crippen LogP contribution is -2.45. The number of nitrogens with one attached hydrogen (secondary N) is 3. The Balaban J connectivity index is 1.78. The molecule has 0 amide bonds. The number of rotatable bonds is 7. The summed E-state index contributed by atoms with van der Waals surface area (Å²) in [5, 5.41) is 22.6. The lowest BCUT2D eigenvalue weighted by molar-refractivity contribution is 0.148. The molecule has 122 valence electrons. The van der Waals surface area contributed by atoms with Gasteiger partial charge in [-0.05, 0) is 25.7 Å². The molecule has 2 aliphatic rings. The van der Waals surface area contributed by atoms with Crippen molar-refractivity contribution >= 4 is 12.9 Å². The van der Waals surface area contributed by atoms with Gasteiger partial charge in [0.05, 0.1) is 5.76 Å². The van der Waals surface area contributed by atoms with Crippen LogP contribution in [0.5, 0.6) is 0 Å². The van der Waals surface area contributed by atoms with E-state index in [0.717, 1.165) is 31.4 Å². The quantitative estimate of drug-likeness (QED) is 0.130. The number of aliphatic hydroxyl groups excluding tert-OH is 1. The van der Waals surface area contributed by atoms with Crippen molar-refractivity contribution in [2.75, 3.05) is 6.54 Å². The van der Waals surface area contributed by atoms with Crippen LogP contribution in [-0.4, -0.2) is 42.6 Å². The molecule has 8 heteroatoms. The Hall–Kier alpha value is -1.67. The van der Waals surface area contributed by atoms with Gasteiger partial charge in [0.2, 0.25) is 0 Å². The molecule has 1 saturated heterocycles. The van der Waals surface area contributed by atoms with E-state index in [-0.39, 0.29) is 36.7 Å². The summed E-state index contributed by atoms with van der Waals surface area (Å²) < 4.78 is 5.99. The minimum absolute atomic E-state index is 0.0114. The first-order valence-corrected chi connectivity index (χ1v) is 7.79. The third-order valence-electron chi connectivity index (χ3n) is 4.11. The van der Waals surface area contributed by atoms with Crippen LogP contribution >= 0.6 is 0 Å². The molecule has 0 radical (unpaired) electrons. The largest absolute Gasteiger partial charge is 0.513 e. The Morgan fingerprint density at radius 2 is 2.41 bits per heavy atom. The summed E-state index contributed by atoms with van der Waals surface area (Å²) in [7, 11) is 0. The monoisotopic (exact) mass is 307 g/mol. The van der Waals surface area contributed by atoms with Crippen LogP contribution in [0.25, 0.3) is 0 Å². The molecular weight excluding hydrogens is 281 g/mol. The molecule has 0 saturated carbocycles. The number of aliphatic hydroxyl groups is 1. The van der Waals surface area contributed by atoms with Crippen LogP contribution < -0.4 is 22.1 Å². The van der Waals surface area contributed by atoms with Crippen molar-refractivity contribution < 1.29 is 9.76 Å². The molecule has 2 rings (SSSR count). The summed E-state index contributed by atoms with van der Waals surface area (Å²) in [6.07, 6.45) is 4.11. The van der Waals surface area contributed by atoms with Gasteiger partial charge < -0.3 is 31.9 Å². The van der Waals surface area contributed by atoms with Crippen molar-refractivity contribution in [1.29, 1.82) is 5.41 Å². The third kappa shape index (κ3) is 4.67. The molecule has 7 nitrogen and oxygen atoms in total. The molecule has 0 aromatic heterocycles. The van der Waals surface area contributed by atoms with Crippen molar-refractivity contribution in [3.8, 4) is 0 Å². The molecule has 3 unspecified atom stereocenters. The van der Waals surface area contributed by atoms with Crippen LogP contribution in [0.1, 0.15) is 32.1 Å². The minimum atomic E-state index is -0.0609. The molecule has 0 aromatic rings. The zero-order valence-electron chi connectivity index (χ0n) is 12.8. The maximum absolute atomic E-state index is 9.29. The van der Waals surface area contributed by atoms with Gasteiger partial charge >= 0.3 is 6.92 Å². The van der Waals surface area contributed by atoms with E-state index in [1.54, 1.807) is 0 Å². The molecule has 0 aliphatic carbocycles. The summed E-state index contributed by atoms with van der Waals surface area (Å²) in [5.74, 6) is 2.51. The second-order valence-corrected chi connectivity index (χ2v) is 6.03. The average Bonchev–Trinajstić information content (AvgIpc) is 2.85. The Morgan fingerprint density at radius 1 is 1.64 bits per heavy atom. The van der Waals surface area contributed by atoms with Gasteiger partial charge in [-0.1, -0.05) is 12.6 Å². The van der Waals surface area contributed by atoms with Crippen LogP contribution in [0.2, 0.25) is 0 Å². The first kappa shape index (κ1) is 16.7. The fourth-order valence-corrected chi connectivity index (χ4v) is 3.01. The number of guanidine groups is 1. The highest BCUT2D eigenvalue weighted by molar-refractivity contribution is 6.60. The second-order valence-electron chi connectivity index (χ2n) is 6.03. The van der Waals surface area contributed by atoms with E-state index in [2.05, 4.69) is 23.2 Å². The first-order valence-electron chi connectivity index (χ1n) is 7.79. The fourth-order valence-electron chi connectivity index (χ4n) is 3.01. The van der Waals surface area contributed by atoms with E-state index in [1.165, 1.54) is 0 Å². The van der Waals surface area contributed by atoms with E-state index in [1.807, 2.05) is 0 Å². The Labute approximate surface area is 131 Å². The molecule has 2 aliphatic heterocycles. The number of nitrogens with two attached hydrogens (primary N) is 2. The van der Waals surface area contributed by atoms with Gasteiger partial charge in [0.15, 0.2) is 5.96 Å². The van der Waals surface area contributed by atoms with Gasteiger partial charge in [0, 0.05) is 36.7 Å². The van der Waals surface area contributed by atoms with Crippen molar-refractivity contribution in [3.63, 3.8) is 0 Å². The van der Waals surface area contributed by atoms with E-state index in [4.69, 9.17) is 21.5 Å². The van der Waals surface area contributed by atoms with Crippen LogP contribution in [-0.2, 0) is 4.65 Å². The Kier molecular flexibility index (Phi) is 5.73. The van der Waals surface area contributed by atoms with Gasteiger partial charge in [0.1, 0.15) is 0 Å². The number of hydrogen-bond donors (Lipinski definition) is 6. The molecule has 0 aromatic carbocycles. The number of hydrogen-bond acceptors (Lipinski definition) is 5. The molecule has 22 heavy (non-hydrogen) atoms. The second kappa shape index (κ2) is 7.55. The summed E-state index contributed by atoms with van der Waals surface area (Å²) >= 11 is 0. The van der Waals surface area contributed by atoms with Gasteiger partial charge in [-0.3, -0.25) is 5.41 Å². The Morgan fingerprint density at radius 3 is 3.09 bits per heavy atom. The van der Waals surface area contributed by atoms with E-state index in [0.29, 0.717) is 13.0 Å². The first-order chi connectivity index (χ1) is 10.5. The smallest absolute Gasteiger partial charge is 0.344 e. The van der Waals surface area contributed by atoms with Crippen LogP contribution in [0, 0.1) is 5.41 Å². The topological polar surface area (TPSA) is 129 Å². The predicted octanol–water partition coefficient (Wildman–Crippen LogP) is 0.143. The molecule has 1 fully saturated rings. The lowest BCUT2D eigenvalue weighted by atomic mass is 9.58. The highest BCUT2D eigenvalue weighted by atomic mass is 16.5. The van der Waals surface area contributed by atoms with Crippen LogP contribution in [0.15, 0.2) is 24.0 Å². The zero-order valence-corrected chi connectivity index (χ0v) is 12.8. The highest BCUT2D eigenvalue weighted by Gasteiger charge is 2.39. The molecule has 3 atom stereocenters. The van der Waals surface area contributed by atoms with Crippen LogP contribution in [0.4, 0.5) is 0 Å². The Bertz CT molecular complexity index is 457. The fraction of sp³-hybridized carbons (Fsp3) is 0.643. The zero-order chi connectivity index (χ0) is 16.1. The van der Waals surface area contributed by atoms with Crippen molar-refractivity contribution in [2.45, 2.75) is 50.2 Å². The molecule has 2 heterocycles. The summed E-state index contributed by atoms with van der Waals surface area (Å²) in [6, 6.07) is -0.0609. The summed E-state index contributed by atoms with van der Waals surface area (Å²) in [6.45, 7) is 4.20.